The topological polar surface area (TPSA) is 145 Å². The highest BCUT2D eigenvalue weighted by Gasteiger charge is 2.38. The van der Waals surface area contributed by atoms with Gasteiger partial charge in [0.25, 0.3) is 0 Å². The quantitative estimate of drug-likeness (QED) is 0.412. The van der Waals surface area contributed by atoms with Crippen molar-refractivity contribution in [1.82, 2.24) is 10.6 Å². The van der Waals surface area contributed by atoms with E-state index in [0.717, 1.165) is 25.7 Å². The van der Waals surface area contributed by atoms with Crippen molar-refractivity contribution in [1.29, 1.82) is 0 Å². The summed E-state index contributed by atoms with van der Waals surface area (Å²) in [5.41, 5.74) is 0.616. The van der Waals surface area contributed by atoms with Gasteiger partial charge in [0.1, 0.15) is 5.75 Å². The van der Waals surface area contributed by atoms with Gasteiger partial charge in [0.15, 0.2) is 0 Å². The Morgan fingerprint density at radius 3 is 2.52 bits per heavy atom. The van der Waals surface area contributed by atoms with Crippen LogP contribution in [0.4, 0.5) is 0 Å². The molecule has 5 N–H and O–H groups in total. The highest BCUT2D eigenvalue weighted by molar-refractivity contribution is 6.47. The molecule has 1 fully saturated rings. The molecule has 0 saturated heterocycles. The molecule has 10 heteroatoms. The number of aliphatic carboxylic acids is 1. The Kier molecular flexibility index (Phi) is 6.76. The second-order valence-electron chi connectivity index (χ2n) is 7.68. The first kappa shape index (κ1) is 21.1. The third-order valence-electron chi connectivity index (χ3n) is 5.56. The van der Waals surface area contributed by atoms with Gasteiger partial charge < -0.3 is 30.5 Å². The van der Waals surface area contributed by atoms with Crippen LogP contribution in [0.1, 0.15) is 48.0 Å². The number of hydrogen-bond acceptors (Lipinski definition) is 6. The number of amides is 1. The minimum absolute atomic E-state index is 0.0143. The fourth-order valence-electron chi connectivity index (χ4n) is 4.05. The molecule has 2 aliphatic rings. The van der Waals surface area contributed by atoms with Gasteiger partial charge in [-0.15, -0.1) is 0 Å². The fourth-order valence-corrected chi connectivity index (χ4v) is 4.05. The summed E-state index contributed by atoms with van der Waals surface area (Å²) in [6, 6.07) is 4.91. The van der Waals surface area contributed by atoms with Gasteiger partial charge in [0.05, 0.1) is 18.0 Å². The predicted molar refractivity (Wildman–Crippen MR) is 104 cm³/mol. The van der Waals surface area contributed by atoms with E-state index in [9.17, 15) is 24.5 Å². The van der Waals surface area contributed by atoms with Crippen molar-refractivity contribution in [3.05, 3.63) is 29.3 Å². The molecular formula is C19H25BN2O7. The first-order valence-electron chi connectivity index (χ1n) is 9.78. The average molecular weight is 404 g/mol. The van der Waals surface area contributed by atoms with Gasteiger partial charge in [0, 0.05) is 12.5 Å². The lowest BCUT2D eigenvalue weighted by Crippen LogP contribution is -2.53. The number of aromatic carboxylic acids is 1. The lowest BCUT2D eigenvalue weighted by Gasteiger charge is -2.31. The Balaban J connectivity index is 1.50. The van der Waals surface area contributed by atoms with E-state index in [2.05, 4.69) is 10.6 Å². The third kappa shape index (κ3) is 5.48. The van der Waals surface area contributed by atoms with Crippen molar-refractivity contribution < 1.29 is 34.3 Å². The van der Waals surface area contributed by atoms with Gasteiger partial charge in [0.2, 0.25) is 5.91 Å². The molecule has 1 aromatic carbocycles. The lowest BCUT2D eigenvalue weighted by molar-refractivity contribution is -0.136. The molecule has 1 aromatic rings. The first-order chi connectivity index (χ1) is 13.8. The Labute approximate surface area is 168 Å². The second kappa shape index (κ2) is 9.28. The summed E-state index contributed by atoms with van der Waals surface area (Å²) in [6.07, 6.45) is 3.93. The number of benzene rings is 1. The molecule has 3 rings (SSSR count). The zero-order chi connectivity index (χ0) is 21.0. The van der Waals surface area contributed by atoms with Crippen LogP contribution in [0.5, 0.6) is 5.75 Å². The van der Waals surface area contributed by atoms with E-state index >= 15 is 0 Å². The van der Waals surface area contributed by atoms with E-state index in [0.29, 0.717) is 12.0 Å². The van der Waals surface area contributed by atoms with E-state index in [4.69, 9.17) is 9.76 Å². The predicted octanol–water partition coefficient (Wildman–Crippen LogP) is 0.447. The number of rotatable bonds is 7. The monoisotopic (exact) mass is 404 g/mol. The summed E-state index contributed by atoms with van der Waals surface area (Å²) in [7, 11) is -1.32. The summed E-state index contributed by atoms with van der Waals surface area (Å²) in [5.74, 6) is -2.48. The summed E-state index contributed by atoms with van der Waals surface area (Å²) < 4.78 is 5.39. The van der Waals surface area contributed by atoms with Crippen LogP contribution < -0.4 is 15.3 Å². The molecule has 1 atom stereocenters. The van der Waals surface area contributed by atoms with Crippen LogP contribution in [-0.4, -0.2) is 58.7 Å². The largest absolute Gasteiger partial charge is 0.547 e. The summed E-state index contributed by atoms with van der Waals surface area (Å²) in [4.78, 5) is 34.4. The Morgan fingerprint density at radius 1 is 1.14 bits per heavy atom. The van der Waals surface area contributed by atoms with Crippen LogP contribution in [0.15, 0.2) is 18.2 Å². The highest BCUT2D eigenvalue weighted by Crippen LogP contribution is 2.31. The zero-order valence-electron chi connectivity index (χ0n) is 16.0. The van der Waals surface area contributed by atoms with Crippen molar-refractivity contribution >= 4 is 25.0 Å². The van der Waals surface area contributed by atoms with Gasteiger partial charge >= 0.3 is 19.1 Å². The average Bonchev–Trinajstić information content (AvgIpc) is 2.67. The molecule has 156 valence electrons. The van der Waals surface area contributed by atoms with Crippen molar-refractivity contribution in [2.24, 2.45) is 5.92 Å². The number of carbonyl (C=O) groups is 3. The zero-order valence-corrected chi connectivity index (χ0v) is 16.0. The minimum Gasteiger partial charge on any atom is -0.534 e. The lowest BCUT2D eigenvalue weighted by atomic mass is 9.72. The van der Waals surface area contributed by atoms with Crippen molar-refractivity contribution in [2.45, 2.75) is 50.5 Å². The SMILES string of the molecule is O=C(O)CNC1CCC(CC(=O)N[C@H]2Cc3cccc(C(=O)O)c3OB2O)CC1. The number of nitrogens with one attached hydrogen (secondary N) is 2. The summed E-state index contributed by atoms with van der Waals surface area (Å²) in [6.45, 7) is -0.0551. The number of carbonyl (C=O) groups excluding carboxylic acids is 1. The summed E-state index contributed by atoms with van der Waals surface area (Å²) in [5, 5.41) is 34.0. The maximum Gasteiger partial charge on any atom is 0.547 e. The maximum atomic E-state index is 12.4. The molecule has 1 aliphatic carbocycles. The number of hydrogen-bond donors (Lipinski definition) is 5. The van der Waals surface area contributed by atoms with E-state index < -0.39 is 25.0 Å². The van der Waals surface area contributed by atoms with Gasteiger partial charge in [-0.25, -0.2) is 4.79 Å². The van der Waals surface area contributed by atoms with Crippen LogP contribution in [0.3, 0.4) is 0 Å². The molecule has 0 spiro atoms. The van der Waals surface area contributed by atoms with Crippen LogP contribution in [0.2, 0.25) is 0 Å². The number of para-hydroxylation sites is 1. The van der Waals surface area contributed by atoms with Gasteiger partial charge in [-0.3, -0.25) is 9.59 Å². The smallest absolute Gasteiger partial charge is 0.534 e. The molecular weight excluding hydrogens is 379 g/mol. The van der Waals surface area contributed by atoms with Crippen LogP contribution in [-0.2, 0) is 16.0 Å². The van der Waals surface area contributed by atoms with Crippen molar-refractivity contribution in [3.8, 4) is 5.75 Å². The highest BCUT2D eigenvalue weighted by atomic mass is 16.5. The third-order valence-corrected chi connectivity index (χ3v) is 5.56. The fraction of sp³-hybridized carbons (Fsp3) is 0.526. The van der Waals surface area contributed by atoms with E-state index in [1.165, 1.54) is 6.07 Å². The molecule has 0 bridgehead atoms. The minimum atomic E-state index is -1.32. The molecule has 1 heterocycles. The standard InChI is InChI=1S/C19H25BN2O7/c23-16(8-11-4-6-13(7-5-11)21-10-17(24)25)22-15-9-12-2-1-3-14(19(26)27)18(12)29-20(15)28/h1-3,11,13,15,21,28H,4-10H2,(H,22,23)(H,24,25)(H,26,27)/t11?,13?,15-/m0/s1. The van der Waals surface area contributed by atoms with Crippen LogP contribution >= 0.6 is 0 Å². The molecule has 9 nitrogen and oxygen atoms in total. The molecule has 1 saturated carbocycles. The molecule has 0 radical (unpaired) electrons. The van der Waals surface area contributed by atoms with Gasteiger partial charge in [-0.1, -0.05) is 12.1 Å². The Morgan fingerprint density at radius 2 is 1.86 bits per heavy atom. The molecule has 0 unspecified atom stereocenters. The van der Waals surface area contributed by atoms with Crippen LogP contribution in [0.25, 0.3) is 0 Å². The number of carboxylic acid groups (broad SMARTS) is 2. The molecule has 0 aromatic heterocycles. The van der Waals surface area contributed by atoms with Crippen molar-refractivity contribution in [3.63, 3.8) is 0 Å². The molecule has 29 heavy (non-hydrogen) atoms. The Bertz CT molecular complexity index is 780. The number of carboxylic acids is 2. The molecule has 1 amide bonds. The van der Waals surface area contributed by atoms with Gasteiger partial charge in [-0.05, 0) is 49.7 Å². The van der Waals surface area contributed by atoms with Crippen molar-refractivity contribution in [2.75, 3.05) is 6.54 Å². The van der Waals surface area contributed by atoms with E-state index in [1.807, 2.05) is 0 Å². The van der Waals surface area contributed by atoms with Crippen LogP contribution in [0, 0.1) is 5.92 Å². The molecule has 1 aliphatic heterocycles. The van der Waals surface area contributed by atoms with E-state index in [1.54, 1.807) is 12.1 Å². The number of fused-ring (bicyclic) bond motifs is 1. The first-order valence-corrected chi connectivity index (χ1v) is 9.78. The normalized spacial score (nSPS) is 23.6. The second-order valence-corrected chi connectivity index (χ2v) is 7.68. The summed E-state index contributed by atoms with van der Waals surface area (Å²) >= 11 is 0. The maximum absolute atomic E-state index is 12.4. The Hall–Kier alpha value is -2.59. The van der Waals surface area contributed by atoms with Gasteiger partial charge in [-0.2, -0.15) is 0 Å². The van der Waals surface area contributed by atoms with E-state index in [-0.39, 0.29) is 42.1 Å².